The van der Waals surface area contributed by atoms with Crippen LogP contribution in [0.4, 0.5) is 0 Å². The maximum absolute atomic E-state index is 13.0. The van der Waals surface area contributed by atoms with Crippen molar-refractivity contribution >= 4 is 5.91 Å². The summed E-state index contributed by atoms with van der Waals surface area (Å²) in [6, 6.07) is 5.19. The average Bonchev–Trinajstić information content (AvgIpc) is 3.31. The van der Waals surface area contributed by atoms with Crippen molar-refractivity contribution in [3.63, 3.8) is 0 Å². The molecular weight excluding hydrogens is 330 g/mol. The van der Waals surface area contributed by atoms with Gasteiger partial charge in [-0.2, -0.15) is 0 Å². The van der Waals surface area contributed by atoms with E-state index in [0.29, 0.717) is 12.5 Å². The maximum Gasteiger partial charge on any atom is 0.250 e. The van der Waals surface area contributed by atoms with E-state index in [4.69, 9.17) is 0 Å². The third kappa shape index (κ3) is 2.70. The van der Waals surface area contributed by atoms with Gasteiger partial charge in [0.25, 0.3) is 5.56 Å². The second kappa shape index (κ2) is 6.82. The molecular formula is C20H29N3O3. The van der Waals surface area contributed by atoms with Gasteiger partial charge in [0.15, 0.2) is 0 Å². The first kappa shape index (κ1) is 17.7. The molecule has 26 heavy (non-hydrogen) atoms. The molecule has 3 heterocycles. The van der Waals surface area contributed by atoms with Crippen molar-refractivity contribution in [1.82, 2.24) is 14.4 Å². The number of fused-ring (bicyclic) bond motifs is 3. The molecule has 1 aromatic heterocycles. The fraction of sp³-hybridized carbons (Fsp3) is 0.700. The van der Waals surface area contributed by atoms with Crippen LogP contribution < -0.4 is 5.56 Å². The maximum atomic E-state index is 13.0. The van der Waals surface area contributed by atoms with Gasteiger partial charge >= 0.3 is 0 Å². The third-order valence-electron chi connectivity index (χ3n) is 6.70. The summed E-state index contributed by atoms with van der Waals surface area (Å²) in [7, 11) is 3.58. The molecule has 0 aromatic carbocycles. The molecule has 0 unspecified atom stereocenters. The Kier molecular flexibility index (Phi) is 4.65. The number of amides is 1. The molecule has 3 aliphatic rings. The van der Waals surface area contributed by atoms with Gasteiger partial charge in [-0.05, 0) is 24.8 Å². The Morgan fingerprint density at radius 2 is 2.00 bits per heavy atom. The van der Waals surface area contributed by atoms with Crippen molar-refractivity contribution in [3.8, 4) is 0 Å². The van der Waals surface area contributed by atoms with Crippen LogP contribution >= 0.6 is 0 Å². The zero-order valence-electron chi connectivity index (χ0n) is 15.7. The molecule has 1 N–H and O–H groups in total. The first-order valence-electron chi connectivity index (χ1n) is 9.80. The van der Waals surface area contributed by atoms with Crippen molar-refractivity contribution in [3.05, 3.63) is 34.2 Å². The number of likely N-dealkylation sites (tertiary alicyclic amines) is 1. The highest BCUT2D eigenvalue weighted by molar-refractivity contribution is 5.82. The van der Waals surface area contributed by atoms with E-state index in [1.54, 1.807) is 25.1 Å². The summed E-state index contributed by atoms with van der Waals surface area (Å²) in [5.74, 6) is 0.664. The number of pyridine rings is 1. The third-order valence-corrected chi connectivity index (χ3v) is 6.70. The van der Waals surface area contributed by atoms with Crippen LogP contribution in [0.15, 0.2) is 23.0 Å². The number of aromatic nitrogens is 1. The Bertz CT molecular complexity index is 738. The molecule has 1 amide bonds. The van der Waals surface area contributed by atoms with Gasteiger partial charge in [-0.3, -0.25) is 14.5 Å². The van der Waals surface area contributed by atoms with Crippen LogP contribution in [0, 0.1) is 17.8 Å². The number of carbonyl (C=O) groups excluding carboxylic acids is 1. The minimum absolute atomic E-state index is 0.0184. The summed E-state index contributed by atoms with van der Waals surface area (Å²) in [6.07, 6.45) is 4.95. The first-order valence-corrected chi connectivity index (χ1v) is 9.80. The fourth-order valence-electron chi connectivity index (χ4n) is 5.50. The summed E-state index contributed by atoms with van der Waals surface area (Å²) >= 11 is 0. The van der Waals surface area contributed by atoms with Gasteiger partial charge in [-0.1, -0.05) is 18.9 Å². The summed E-state index contributed by atoms with van der Waals surface area (Å²) in [6.45, 7) is 1.46. The molecule has 2 aliphatic heterocycles. The van der Waals surface area contributed by atoms with Crippen LogP contribution in [0.25, 0.3) is 0 Å². The average molecular weight is 359 g/mol. The Labute approximate surface area is 154 Å². The van der Waals surface area contributed by atoms with E-state index >= 15 is 0 Å². The second-order valence-corrected chi connectivity index (χ2v) is 8.38. The molecule has 1 saturated carbocycles. The van der Waals surface area contributed by atoms with Crippen molar-refractivity contribution in [2.75, 3.05) is 27.2 Å². The van der Waals surface area contributed by atoms with Gasteiger partial charge < -0.3 is 14.6 Å². The smallest absolute Gasteiger partial charge is 0.250 e. The summed E-state index contributed by atoms with van der Waals surface area (Å²) in [5.41, 5.74) is 1.03. The van der Waals surface area contributed by atoms with Crippen LogP contribution in [-0.2, 0) is 11.3 Å². The van der Waals surface area contributed by atoms with E-state index in [-0.39, 0.29) is 42.0 Å². The van der Waals surface area contributed by atoms with Gasteiger partial charge in [-0.25, -0.2) is 0 Å². The molecule has 6 nitrogen and oxygen atoms in total. The summed E-state index contributed by atoms with van der Waals surface area (Å²) in [5, 5.41) is 10.2. The molecule has 142 valence electrons. The van der Waals surface area contributed by atoms with Crippen LogP contribution in [0.2, 0.25) is 0 Å². The van der Waals surface area contributed by atoms with Gasteiger partial charge in [0.2, 0.25) is 5.91 Å². The molecule has 1 saturated heterocycles. The van der Waals surface area contributed by atoms with Crippen molar-refractivity contribution in [2.24, 2.45) is 17.8 Å². The minimum atomic E-state index is -0.297. The summed E-state index contributed by atoms with van der Waals surface area (Å²) in [4.78, 5) is 29.3. The molecule has 4 rings (SSSR count). The van der Waals surface area contributed by atoms with Crippen molar-refractivity contribution in [2.45, 2.75) is 44.3 Å². The largest absolute Gasteiger partial charge is 0.396 e. The fourth-order valence-corrected chi connectivity index (χ4v) is 5.50. The second-order valence-electron chi connectivity index (χ2n) is 8.38. The van der Waals surface area contributed by atoms with Gasteiger partial charge in [-0.15, -0.1) is 0 Å². The van der Waals surface area contributed by atoms with Crippen LogP contribution in [0.5, 0.6) is 0 Å². The van der Waals surface area contributed by atoms with Crippen LogP contribution in [0.3, 0.4) is 0 Å². The molecule has 0 radical (unpaired) electrons. The quantitative estimate of drug-likeness (QED) is 0.874. The van der Waals surface area contributed by atoms with Crippen molar-refractivity contribution in [1.29, 1.82) is 0 Å². The molecule has 4 atom stereocenters. The molecule has 6 heteroatoms. The lowest BCUT2D eigenvalue weighted by Gasteiger charge is -2.34. The Morgan fingerprint density at radius 1 is 1.27 bits per heavy atom. The number of hydrogen-bond acceptors (Lipinski definition) is 4. The normalized spacial score (nSPS) is 31.2. The summed E-state index contributed by atoms with van der Waals surface area (Å²) < 4.78 is 1.84. The first-order chi connectivity index (χ1) is 12.5. The monoisotopic (exact) mass is 359 g/mol. The van der Waals surface area contributed by atoms with Gasteiger partial charge in [0.1, 0.15) is 0 Å². The Balaban J connectivity index is 1.75. The van der Waals surface area contributed by atoms with E-state index in [0.717, 1.165) is 12.2 Å². The SMILES string of the molecule is CN(C)C(=O)[C@@H]1[C@@H](CO)[C@@H]2Cn3c(cccc3=O)[C@@H]2N1CC1CCCC1. The number of aliphatic hydroxyl groups is 1. The topological polar surface area (TPSA) is 65.8 Å². The Morgan fingerprint density at radius 3 is 2.65 bits per heavy atom. The predicted octanol–water partition coefficient (Wildman–Crippen LogP) is 1.09. The van der Waals surface area contributed by atoms with E-state index < -0.39 is 0 Å². The highest BCUT2D eigenvalue weighted by Crippen LogP contribution is 2.50. The predicted molar refractivity (Wildman–Crippen MR) is 98.7 cm³/mol. The standard InChI is InChI=1S/C20H29N3O3/c1-21(2)20(26)19-15(12-24)14-11-22-16(8-5-9-17(22)25)18(14)23(19)10-13-6-3-4-7-13/h5,8-9,13-15,18-19,24H,3-4,6-7,10-12H2,1-2H3/t14-,15-,18+,19-/m0/s1. The lowest BCUT2D eigenvalue weighted by Crippen LogP contribution is -2.49. The Hall–Kier alpha value is -1.66. The zero-order chi connectivity index (χ0) is 18.4. The molecule has 1 aliphatic carbocycles. The molecule has 1 aromatic rings. The van der Waals surface area contributed by atoms with Crippen LogP contribution in [0.1, 0.15) is 37.4 Å². The van der Waals surface area contributed by atoms with E-state index in [9.17, 15) is 14.7 Å². The lowest BCUT2D eigenvalue weighted by atomic mass is 9.88. The number of carbonyl (C=O) groups is 1. The molecule has 0 spiro atoms. The highest BCUT2D eigenvalue weighted by Gasteiger charge is 2.55. The molecule has 2 fully saturated rings. The number of rotatable bonds is 4. The lowest BCUT2D eigenvalue weighted by molar-refractivity contribution is -0.136. The van der Waals surface area contributed by atoms with Crippen molar-refractivity contribution < 1.29 is 9.90 Å². The minimum Gasteiger partial charge on any atom is -0.396 e. The van der Waals surface area contributed by atoms with E-state index in [1.807, 2.05) is 16.7 Å². The number of aliphatic hydroxyl groups excluding tert-OH is 1. The number of likely N-dealkylation sites (N-methyl/N-ethyl adjacent to an activating group) is 1. The van der Waals surface area contributed by atoms with Gasteiger partial charge in [0.05, 0.1) is 12.1 Å². The van der Waals surface area contributed by atoms with E-state index in [2.05, 4.69) is 4.90 Å². The van der Waals surface area contributed by atoms with Gasteiger partial charge in [0, 0.05) is 57.4 Å². The zero-order valence-corrected chi connectivity index (χ0v) is 15.7. The number of hydrogen-bond donors (Lipinski definition) is 1. The highest BCUT2D eigenvalue weighted by atomic mass is 16.3. The van der Waals surface area contributed by atoms with E-state index in [1.165, 1.54) is 25.7 Å². The molecule has 0 bridgehead atoms. The number of nitrogens with zero attached hydrogens (tertiary/aromatic N) is 3. The van der Waals surface area contributed by atoms with Crippen LogP contribution in [-0.4, -0.2) is 58.7 Å².